The van der Waals surface area contributed by atoms with Gasteiger partial charge in [0.25, 0.3) is 0 Å². The number of hydrogen-bond acceptors (Lipinski definition) is 4. The summed E-state index contributed by atoms with van der Waals surface area (Å²) in [5.74, 6) is 0.916. The fourth-order valence-electron chi connectivity index (χ4n) is 3.59. The van der Waals surface area contributed by atoms with Crippen LogP contribution in [0, 0.1) is 0 Å². The summed E-state index contributed by atoms with van der Waals surface area (Å²) >= 11 is 0. The summed E-state index contributed by atoms with van der Waals surface area (Å²) in [5, 5.41) is 6.08. The minimum Gasteiger partial charge on any atom is -0.378 e. The highest BCUT2D eigenvalue weighted by Gasteiger charge is 2.39. The molecule has 2 aliphatic rings. The summed E-state index contributed by atoms with van der Waals surface area (Å²) in [6.07, 6.45) is 4.78. The van der Waals surface area contributed by atoms with Crippen molar-refractivity contribution in [3.8, 4) is 0 Å². The molecule has 0 atom stereocenters. The number of ether oxygens (including phenoxy) is 1. The summed E-state index contributed by atoms with van der Waals surface area (Å²) in [7, 11) is 0. The largest absolute Gasteiger partial charge is 0.378 e. The van der Waals surface area contributed by atoms with E-state index in [4.69, 9.17) is 4.74 Å². The molecular formula is C20H24N4O2. The molecule has 0 radical (unpaired) electrons. The lowest BCUT2D eigenvalue weighted by molar-refractivity contribution is 0.122. The smallest absolute Gasteiger partial charge is 0.319 e. The number of urea groups is 1. The number of benzene rings is 1. The van der Waals surface area contributed by atoms with Gasteiger partial charge in [0.1, 0.15) is 5.82 Å². The lowest BCUT2D eigenvalue weighted by Gasteiger charge is -2.43. The first-order valence-corrected chi connectivity index (χ1v) is 9.19. The van der Waals surface area contributed by atoms with Crippen molar-refractivity contribution in [3.05, 3.63) is 54.2 Å². The third-order valence-electron chi connectivity index (χ3n) is 5.23. The van der Waals surface area contributed by atoms with Crippen molar-refractivity contribution in [2.45, 2.75) is 24.8 Å². The second-order valence-corrected chi connectivity index (χ2v) is 6.89. The van der Waals surface area contributed by atoms with E-state index in [0.29, 0.717) is 5.69 Å². The van der Waals surface area contributed by atoms with E-state index in [1.165, 1.54) is 5.56 Å². The molecule has 6 heteroatoms. The minimum absolute atomic E-state index is 0.186. The molecule has 0 bridgehead atoms. The molecule has 1 saturated carbocycles. The van der Waals surface area contributed by atoms with Gasteiger partial charge in [-0.15, -0.1) is 0 Å². The predicted molar refractivity (Wildman–Crippen MR) is 101 cm³/mol. The molecule has 0 unspecified atom stereocenters. The van der Waals surface area contributed by atoms with E-state index < -0.39 is 0 Å². The van der Waals surface area contributed by atoms with Crippen molar-refractivity contribution < 1.29 is 9.53 Å². The average Bonchev–Trinajstić information content (AvgIpc) is 2.67. The SMILES string of the molecule is O=C(Nc1ccc(N2CCOCC2)nc1)NC1(c2ccccc2)CCC1. The lowest BCUT2D eigenvalue weighted by Crippen LogP contribution is -2.52. The summed E-state index contributed by atoms with van der Waals surface area (Å²) in [6.45, 7) is 3.15. The molecule has 2 fully saturated rings. The second kappa shape index (κ2) is 7.33. The standard InChI is InChI=1S/C20H24N4O2/c25-19(23-20(9-4-10-20)16-5-2-1-3-6-16)22-17-7-8-18(21-15-17)24-11-13-26-14-12-24/h1-3,5-8,15H,4,9-14H2,(H2,22,23,25). The van der Waals surface area contributed by atoms with Gasteiger partial charge in [-0.1, -0.05) is 30.3 Å². The first-order valence-electron chi connectivity index (χ1n) is 9.19. The van der Waals surface area contributed by atoms with Crippen molar-refractivity contribution in [1.82, 2.24) is 10.3 Å². The van der Waals surface area contributed by atoms with Crippen LogP contribution in [0.15, 0.2) is 48.7 Å². The Labute approximate surface area is 153 Å². The molecule has 2 aromatic rings. The summed E-state index contributed by atoms with van der Waals surface area (Å²) in [5.41, 5.74) is 1.62. The number of nitrogens with one attached hydrogen (secondary N) is 2. The number of rotatable bonds is 4. The van der Waals surface area contributed by atoms with E-state index in [2.05, 4.69) is 32.7 Å². The van der Waals surface area contributed by atoms with Crippen LogP contribution >= 0.6 is 0 Å². The zero-order valence-corrected chi connectivity index (χ0v) is 14.8. The van der Waals surface area contributed by atoms with Crippen molar-refractivity contribution in [3.63, 3.8) is 0 Å². The van der Waals surface area contributed by atoms with Gasteiger partial charge in [0, 0.05) is 13.1 Å². The topological polar surface area (TPSA) is 66.5 Å². The molecule has 136 valence electrons. The summed E-state index contributed by atoms with van der Waals surface area (Å²) in [6, 6.07) is 13.8. The lowest BCUT2D eigenvalue weighted by atomic mass is 9.72. The molecule has 2 amide bonds. The molecule has 0 spiro atoms. The molecule has 4 rings (SSSR count). The third-order valence-corrected chi connectivity index (χ3v) is 5.23. The van der Waals surface area contributed by atoms with Gasteiger partial charge in [0.05, 0.1) is 30.6 Å². The van der Waals surface area contributed by atoms with Gasteiger partial charge in [0.15, 0.2) is 0 Å². The van der Waals surface area contributed by atoms with E-state index in [1.807, 2.05) is 30.3 Å². The number of hydrogen-bond donors (Lipinski definition) is 2. The number of anilines is 2. The van der Waals surface area contributed by atoms with Crippen LogP contribution in [0.4, 0.5) is 16.3 Å². The molecule has 1 saturated heterocycles. The van der Waals surface area contributed by atoms with E-state index in [9.17, 15) is 4.79 Å². The fraction of sp³-hybridized carbons (Fsp3) is 0.400. The quantitative estimate of drug-likeness (QED) is 0.887. The maximum absolute atomic E-state index is 12.5. The highest BCUT2D eigenvalue weighted by Crippen LogP contribution is 2.41. The van der Waals surface area contributed by atoms with Gasteiger partial charge in [-0.3, -0.25) is 0 Å². The Morgan fingerprint density at radius 1 is 1.08 bits per heavy atom. The van der Waals surface area contributed by atoms with E-state index in [-0.39, 0.29) is 11.6 Å². The van der Waals surface area contributed by atoms with Crippen LogP contribution in [-0.4, -0.2) is 37.3 Å². The fourth-order valence-corrected chi connectivity index (χ4v) is 3.59. The Kier molecular flexibility index (Phi) is 4.75. The number of carbonyl (C=O) groups is 1. The Bertz CT molecular complexity index is 738. The van der Waals surface area contributed by atoms with Crippen molar-refractivity contribution in [2.75, 3.05) is 36.5 Å². The molecule has 26 heavy (non-hydrogen) atoms. The Morgan fingerprint density at radius 3 is 2.46 bits per heavy atom. The van der Waals surface area contributed by atoms with Crippen molar-refractivity contribution in [1.29, 1.82) is 0 Å². The highest BCUT2D eigenvalue weighted by atomic mass is 16.5. The van der Waals surface area contributed by atoms with Gasteiger partial charge in [0.2, 0.25) is 0 Å². The molecule has 2 N–H and O–H groups in total. The van der Waals surface area contributed by atoms with Gasteiger partial charge >= 0.3 is 6.03 Å². The first kappa shape index (κ1) is 16.8. The molecule has 1 aliphatic carbocycles. The Hall–Kier alpha value is -2.60. The molecule has 1 aromatic heterocycles. The number of nitrogens with zero attached hydrogens (tertiary/aromatic N) is 2. The van der Waals surface area contributed by atoms with Gasteiger partial charge in [-0.05, 0) is 37.0 Å². The first-order chi connectivity index (χ1) is 12.8. The zero-order chi connectivity index (χ0) is 17.8. The Balaban J connectivity index is 1.38. The van der Waals surface area contributed by atoms with Crippen LogP contribution in [0.5, 0.6) is 0 Å². The van der Waals surface area contributed by atoms with Crippen LogP contribution in [0.3, 0.4) is 0 Å². The zero-order valence-electron chi connectivity index (χ0n) is 14.8. The molecule has 1 aliphatic heterocycles. The summed E-state index contributed by atoms with van der Waals surface area (Å²) < 4.78 is 5.36. The average molecular weight is 352 g/mol. The van der Waals surface area contributed by atoms with Crippen molar-refractivity contribution >= 4 is 17.5 Å². The minimum atomic E-state index is -0.244. The maximum atomic E-state index is 12.5. The van der Waals surface area contributed by atoms with Gasteiger partial charge in [-0.2, -0.15) is 0 Å². The van der Waals surface area contributed by atoms with Crippen LogP contribution in [-0.2, 0) is 10.3 Å². The van der Waals surface area contributed by atoms with E-state index in [1.54, 1.807) is 6.20 Å². The number of pyridine rings is 1. The highest BCUT2D eigenvalue weighted by molar-refractivity contribution is 5.89. The molecule has 6 nitrogen and oxygen atoms in total. The Morgan fingerprint density at radius 2 is 1.85 bits per heavy atom. The van der Waals surface area contributed by atoms with E-state index in [0.717, 1.165) is 51.4 Å². The second-order valence-electron chi connectivity index (χ2n) is 6.89. The number of morpholine rings is 1. The number of amides is 2. The third kappa shape index (κ3) is 3.51. The normalized spacial score (nSPS) is 18.7. The predicted octanol–water partition coefficient (Wildman–Crippen LogP) is 3.12. The van der Waals surface area contributed by atoms with Gasteiger partial charge < -0.3 is 20.3 Å². The van der Waals surface area contributed by atoms with Gasteiger partial charge in [-0.25, -0.2) is 9.78 Å². The number of aromatic nitrogens is 1. The van der Waals surface area contributed by atoms with E-state index >= 15 is 0 Å². The molecular weight excluding hydrogens is 328 g/mol. The van der Waals surface area contributed by atoms with Crippen LogP contribution in [0.1, 0.15) is 24.8 Å². The number of carbonyl (C=O) groups excluding carboxylic acids is 1. The monoisotopic (exact) mass is 352 g/mol. The summed E-state index contributed by atoms with van der Waals surface area (Å²) in [4.78, 5) is 19.2. The van der Waals surface area contributed by atoms with Crippen LogP contribution in [0.2, 0.25) is 0 Å². The molecule has 1 aromatic carbocycles. The molecule has 2 heterocycles. The van der Waals surface area contributed by atoms with Crippen LogP contribution < -0.4 is 15.5 Å². The van der Waals surface area contributed by atoms with Crippen molar-refractivity contribution in [2.24, 2.45) is 0 Å². The maximum Gasteiger partial charge on any atom is 0.319 e. The van der Waals surface area contributed by atoms with Crippen LogP contribution in [0.25, 0.3) is 0 Å².